The van der Waals surface area contributed by atoms with Gasteiger partial charge in [-0.15, -0.1) is 11.3 Å². The molecule has 0 aliphatic heterocycles. The first-order chi connectivity index (χ1) is 12.6. The van der Waals surface area contributed by atoms with E-state index in [0.29, 0.717) is 0 Å². The van der Waals surface area contributed by atoms with E-state index in [9.17, 15) is 22.8 Å². The van der Waals surface area contributed by atoms with Gasteiger partial charge in [-0.2, -0.15) is 13.2 Å². The molecule has 0 bridgehead atoms. The van der Waals surface area contributed by atoms with Crippen LogP contribution in [0.1, 0.15) is 5.56 Å². The van der Waals surface area contributed by atoms with Crippen molar-refractivity contribution in [1.82, 2.24) is 14.1 Å². The number of rotatable bonds is 3. The van der Waals surface area contributed by atoms with Gasteiger partial charge in [-0.05, 0) is 12.1 Å². The summed E-state index contributed by atoms with van der Waals surface area (Å²) >= 11 is 1.01. The first-order valence-corrected chi connectivity index (χ1v) is 8.44. The van der Waals surface area contributed by atoms with Gasteiger partial charge >= 0.3 is 11.9 Å². The Morgan fingerprint density at radius 1 is 1.15 bits per heavy atom. The van der Waals surface area contributed by atoms with Gasteiger partial charge in [-0.25, -0.2) is 9.78 Å². The number of thiazole rings is 1. The smallest absolute Gasteiger partial charge is 0.384 e. The molecule has 0 saturated carbocycles. The minimum absolute atomic E-state index is 0.00741. The lowest BCUT2D eigenvalue weighted by Crippen LogP contribution is -2.39. The molecular weight excluding hydrogens is 383 g/mol. The Labute approximate surface area is 154 Å². The summed E-state index contributed by atoms with van der Waals surface area (Å²) in [6, 6.07) is 4.99. The van der Waals surface area contributed by atoms with E-state index >= 15 is 0 Å². The molecule has 0 unspecified atom stereocenters. The molecule has 0 atom stereocenters. The second kappa shape index (κ2) is 6.58. The van der Waals surface area contributed by atoms with Crippen LogP contribution < -0.4 is 22.3 Å². The minimum atomic E-state index is -4.53. The highest BCUT2D eigenvalue weighted by Crippen LogP contribution is 2.36. The lowest BCUT2D eigenvalue weighted by molar-refractivity contribution is -0.136. The first kappa shape index (κ1) is 18.7. The van der Waals surface area contributed by atoms with E-state index in [2.05, 4.69) is 10.3 Å². The van der Waals surface area contributed by atoms with Crippen LogP contribution >= 0.6 is 11.3 Å². The van der Waals surface area contributed by atoms with Gasteiger partial charge in [0.05, 0.1) is 16.9 Å². The third kappa shape index (κ3) is 3.33. The van der Waals surface area contributed by atoms with E-state index in [4.69, 9.17) is 5.73 Å². The normalized spacial score (nSPS) is 11.6. The van der Waals surface area contributed by atoms with Gasteiger partial charge in [0.25, 0.3) is 5.56 Å². The minimum Gasteiger partial charge on any atom is -0.384 e. The second-order valence-corrected chi connectivity index (χ2v) is 6.53. The van der Waals surface area contributed by atoms with Crippen LogP contribution in [0.4, 0.5) is 29.8 Å². The standard InChI is InChI=1S/C16H14F3N5O2S/c1-23-12(20)11(13(25)24(2)15(23)26)10-7-27-14(22-10)21-9-6-4-3-5-8(9)16(17,18)19/h3-7H,20H2,1-2H3,(H,21,22). The fourth-order valence-electron chi connectivity index (χ4n) is 2.50. The number of nitrogens with one attached hydrogen (secondary N) is 1. The van der Waals surface area contributed by atoms with Gasteiger partial charge in [0.1, 0.15) is 11.4 Å². The number of hydrogen-bond acceptors (Lipinski definition) is 6. The molecule has 0 amide bonds. The van der Waals surface area contributed by atoms with E-state index in [1.807, 2.05) is 0 Å². The topological polar surface area (TPSA) is 94.9 Å². The molecular formula is C16H14F3N5O2S. The Kier molecular flexibility index (Phi) is 4.56. The van der Waals surface area contributed by atoms with Crippen molar-refractivity contribution in [2.75, 3.05) is 11.1 Å². The van der Waals surface area contributed by atoms with E-state index in [1.54, 1.807) is 0 Å². The van der Waals surface area contributed by atoms with Gasteiger partial charge in [0.2, 0.25) is 0 Å². The molecule has 0 saturated heterocycles. The zero-order valence-electron chi connectivity index (χ0n) is 14.2. The molecule has 142 valence electrons. The zero-order chi connectivity index (χ0) is 19.9. The van der Waals surface area contributed by atoms with Crippen LogP contribution in [0.15, 0.2) is 39.2 Å². The maximum atomic E-state index is 13.1. The summed E-state index contributed by atoms with van der Waals surface area (Å²) in [5, 5.41) is 4.25. The van der Waals surface area contributed by atoms with Crippen molar-refractivity contribution in [3.63, 3.8) is 0 Å². The van der Waals surface area contributed by atoms with E-state index in [0.717, 1.165) is 26.5 Å². The Balaban J connectivity index is 2.04. The summed E-state index contributed by atoms with van der Waals surface area (Å²) < 4.78 is 41.3. The number of para-hydroxylation sites is 1. The molecule has 27 heavy (non-hydrogen) atoms. The SMILES string of the molecule is Cn1c(N)c(-c2csc(Nc3ccccc3C(F)(F)F)n2)c(=O)n(C)c1=O. The summed E-state index contributed by atoms with van der Waals surface area (Å²) in [6.07, 6.45) is -4.53. The number of halogens is 3. The lowest BCUT2D eigenvalue weighted by Gasteiger charge is -2.12. The Morgan fingerprint density at radius 3 is 2.48 bits per heavy atom. The van der Waals surface area contributed by atoms with Crippen LogP contribution in [0.5, 0.6) is 0 Å². The molecule has 3 rings (SSSR count). The molecule has 11 heteroatoms. The van der Waals surface area contributed by atoms with Crippen molar-refractivity contribution in [2.45, 2.75) is 6.18 Å². The van der Waals surface area contributed by atoms with E-state index in [1.165, 1.54) is 37.7 Å². The first-order valence-electron chi connectivity index (χ1n) is 7.56. The third-order valence-electron chi connectivity index (χ3n) is 3.94. The summed E-state index contributed by atoms with van der Waals surface area (Å²) in [5.74, 6) is -0.0735. The Morgan fingerprint density at radius 2 is 1.81 bits per heavy atom. The monoisotopic (exact) mass is 397 g/mol. The number of benzene rings is 1. The van der Waals surface area contributed by atoms with Crippen LogP contribution in [-0.4, -0.2) is 14.1 Å². The summed E-state index contributed by atoms with van der Waals surface area (Å²) in [4.78, 5) is 28.4. The fraction of sp³-hybridized carbons (Fsp3) is 0.188. The molecule has 0 aliphatic rings. The molecule has 3 N–H and O–H groups in total. The van der Waals surface area contributed by atoms with Crippen molar-refractivity contribution < 1.29 is 13.2 Å². The Bertz CT molecular complexity index is 1130. The fourth-order valence-corrected chi connectivity index (χ4v) is 3.21. The maximum absolute atomic E-state index is 13.1. The number of nitrogen functional groups attached to an aromatic ring is 1. The predicted octanol–water partition coefficient (Wildman–Crippen LogP) is 2.55. The number of nitrogens with two attached hydrogens (primary N) is 1. The predicted molar refractivity (Wildman–Crippen MR) is 97.2 cm³/mol. The van der Waals surface area contributed by atoms with Crippen LogP contribution in [0.25, 0.3) is 11.3 Å². The summed E-state index contributed by atoms with van der Waals surface area (Å²) in [6.45, 7) is 0. The molecule has 0 aliphatic carbocycles. The molecule has 2 heterocycles. The van der Waals surface area contributed by atoms with Crippen LogP contribution in [0, 0.1) is 0 Å². The van der Waals surface area contributed by atoms with Crippen LogP contribution in [0.3, 0.4) is 0 Å². The molecule has 3 aromatic rings. The van der Waals surface area contributed by atoms with Gasteiger partial charge in [0, 0.05) is 19.5 Å². The number of hydrogen-bond donors (Lipinski definition) is 2. The van der Waals surface area contributed by atoms with Gasteiger partial charge in [0.15, 0.2) is 5.13 Å². The molecule has 1 aromatic carbocycles. The lowest BCUT2D eigenvalue weighted by atomic mass is 10.2. The number of nitrogens with zero attached hydrogens (tertiary/aromatic N) is 3. The van der Waals surface area contributed by atoms with E-state index in [-0.39, 0.29) is 27.9 Å². The number of aromatic nitrogens is 3. The largest absolute Gasteiger partial charge is 0.418 e. The second-order valence-electron chi connectivity index (χ2n) is 5.67. The highest BCUT2D eigenvalue weighted by molar-refractivity contribution is 7.14. The Hall–Kier alpha value is -3.08. The molecule has 2 aromatic heterocycles. The zero-order valence-corrected chi connectivity index (χ0v) is 15.0. The number of anilines is 3. The summed E-state index contributed by atoms with van der Waals surface area (Å²) in [5.41, 5.74) is 3.83. The van der Waals surface area contributed by atoms with Crippen molar-refractivity contribution in [3.8, 4) is 11.3 Å². The quantitative estimate of drug-likeness (QED) is 0.708. The molecule has 0 fully saturated rings. The van der Waals surface area contributed by atoms with Gasteiger partial charge in [-0.1, -0.05) is 12.1 Å². The van der Waals surface area contributed by atoms with Crippen LogP contribution in [-0.2, 0) is 20.3 Å². The highest BCUT2D eigenvalue weighted by Gasteiger charge is 2.33. The van der Waals surface area contributed by atoms with Crippen molar-refractivity contribution in [2.24, 2.45) is 14.1 Å². The maximum Gasteiger partial charge on any atom is 0.418 e. The molecule has 0 spiro atoms. The van der Waals surface area contributed by atoms with Gasteiger partial charge < -0.3 is 11.1 Å². The summed E-state index contributed by atoms with van der Waals surface area (Å²) in [7, 11) is 2.71. The average Bonchev–Trinajstić information content (AvgIpc) is 3.06. The van der Waals surface area contributed by atoms with Crippen molar-refractivity contribution in [1.29, 1.82) is 0 Å². The van der Waals surface area contributed by atoms with Crippen molar-refractivity contribution in [3.05, 3.63) is 56.0 Å². The van der Waals surface area contributed by atoms with E-state index < -0.39 is 23.0 Å². The average molecular weight is 397 g/mol. The third-order valence-corrected chi connectivity index (χ3v) is 4.70. The van der Waals surface area contributed by atoms with Crippen LogP contribution in [0.2, 0.25) is 0 Å². The van der Waals surface area contributed by atoms with Crippen molar-refractivity contribution >= 4 is 28.0 Å². The number of alkyl halides is 3. The molecule has 0 radical (unpaired) electrons. The molecule has 7 nitrogen and oxygen atoms in total. The van der Waals surface area contributed by atoms with Gasteiger partial charge in [-0.3, -0.25) is 13.9 Å². The highest BCUT2D eigenvalue weighted by atomic mass is 32.1.